The highest BCUT2D eigenvalue weighted by Crippen LogP contribution is 2.25. The first kappa shape index (κ1) is 24.4. The molecule has 168 valence electrons. The SMILES string of the molecule is Cc1cc(CC(=O)N2CCC(CS(=O)(=O)C(C)(C)C)CC2)cc(C(=O)NC(C)C)c1. The molecule has 0 radical (unpaired) electrons. The minimum Gasteiger partial charge on any atom is -0.350 e. The molecule has 1 saturated heterocycles. The molecule has 1 aromatic carbocycles. The van der Waals surface area contributed by atoms with Crippen molar-refractivity contribution in [3.8, 4) is 0 Å². The smallest absolute Gasteiger partial charge is 0.251 e. The van der Waals surface area contributed by atoms with E-state index in [0.29, 0.717) is 31.5 Å². The minimum absolute atomic E-state index is 0.0212. The predicted octanol–water partition coefficient (Wildman–Crippen LogP) is 3.13. The monoisotopic (exact) mass is 436 g/mol. The second-order valence-electron chi connectivity index (χ2n) is 9.73. The van der Waals surface area contributed by atoms with Gasteiger partial charge in [0.1, 0.15) is 0 Å². The van der Waals surface area contributed by atoms with Crippen molar-refractivity contribution in [1.82, 2.24) is 10.2 Å². The van der Waals surface area contributed by atoms with Crippen LogP contribution in [0, 0.1) is 12.8 Å². The van der Waals surface area contributed by atoms with Crippen LogP contribution in [0.25, 0.3) is 0 Å². The Hall–Kier alpha value is -1.89. The fraction of sp³-hybridized carbons (Fsp3) is 0.652. The molecule has 1 N–H and O–H groups in total. The van der Waals surface area contributed by atoms with E-state index in [2.05, 4.69) is 5.32 Å². The van der Waals surface area contributed by atoms with Crippen molar-refractivity contribution in [2.75, 3.05) is 18.8 Å². The standard InChI is InChI=1S/C23H36N2O4S/c1-16(2)24-22(27)20-12-17(3)11-19(13-20)14-21(26)25-9-7-18(8-10-25)15-30(28,29)23(4,5)6/h11-13,16,18H,7-10,14-15H2,1-6H3,(H,24,27). The fourth-order valence-corrected chi connectivity index (χ4v) is 5.09. The lowest BCUT2D eigenvalue weighted by atomic mass is 9.98. The van der Waals surface area contributed by atoms with E-state index in [-0.39, 0.29) is 35.9 Å². The van der Waals surface area contributed by atoms with Crippen molar-refractivity contribution in [1.29, 1.82) is 0 Å². The van der Waals surface area contributed by atoms with Crippen molar-refractivity contribution >= 4 is 21.7 Å². The zero-order valence-electron chi connectivity index (χ0n) is 19.1. The number of hydrogen-bond donors (Lipinski definition) is 1. The molecular weight excluding hydrogens is 400 g/mol. The summed E-state index contributed by atoms with van der Waals surface area (Å²) in [5, 5.41) is 2.88. The van der Waals surface area contributed by atoms with Crippen molar-refractivity contribution in [2.45, 2.75) is 71.6 Å². The van der Waals surface area contributed by atoms with Gasteiger partial charge in [-0.3, -0.25) is 9.59 Å². The third kappa shape index (κ3) is 6.56. The number of aryl methyl sites for hydroxylation is 1. The molecule has 2 rings (SSSR count). The molecule has 1 heterocycles. The summed E-state index contributed by atoms with van der Waals surface area (Å²) in [5.74, 6) is 0.171. The van der Waals surface area contributed by atoms with Crippen LogP contribution in [-0.4, -0.2) is 54.8 Å². The molecule has 6 nitrogen and oxygen atoms in total. The van der Waals surface area contributed by atoms with Crippen molar-refractivity contribution in [3.63, 3.8) is 0 Å². The number of amides is 2. The Labute approximate surface area is 181 Å². The maximum atomic E-state index is 12.8. The molecule has 1 aliphatic heterocycles. The molecule has 0 bridgehead atoms. The molecule has 0 atom stereocenters. The third-order valence-corrected chi connectivity index (χ3v) is 8.31. The summed E-state index contributed by atoms with van der Waals surface area (Å²) in [6.07, 6.45) is 1.66. The van der Waals surface area contributed by atoms with E-state index in [4.69, 9.17) is 0 Å². The lowest BCUT2D eigenvalue weighted by Crippen LogP contribution is -2.42. The Balaban J connectivity index is 1.97. The summed E-state index contributed by atoms with van der Waals surface area (Å²) >= 11 is 0. The Morgan fingerprint density at radius 1 is 1.13 bits per heavy atom. The Kier molecular flexibility index (Phi) is 7.72. The van der Waals surface area contributed by atoms with Crippen LogP contribution in [-0.2, 0) is 21.1 Å². The summed E-state index contributed by atoms with van der Waals surface area (Å²) in [7, 11) is -3.15. The zero-order chi connectivity index (χ0) is 22.7. The summed E-state index contributed by atoms with van der Waals surface area (Å²) in [5.41, 5.74) is 2.34. The van der Waals surface area contributed by atoms with Gasteiger partial charge in [0.15, 0.2) is 9.84 Å². The highest BCUT2D eigenvalue weighted by molar-refractivity contribution is 7.92. The van der Waals surface area contributed by atoms with Gasteiger partial charge in [0.25, 0.3) is 5.91 Å². The first-order valence-corrected chi connectivity index (χ1v) is 12.3. The normalized spacial score (nSPS) is 16.0. The number of nitrogens with one attached hydrogen (secondary N) is 1. The Morgan fingerprint density at radius 2 is 1.73 bits per heavy atom. The van der Waals surface area contributed by atoms with E-state index in [9.17, 15) is 18.0 Å². The number of piperidine rings is 1. The number of nitrogens with zero attached hydrogens (tertiary/aromatic N) is 1. The van der Waals surface area contributed by atoms with Crippen molar-refractivity contribution in [2.24, 2.45) is 5.92 Å². The quantitative estimate of drug-likeness (QED) is 0.743. The molecule has 0 spiro atoms. The van der Waals surface area contributed by atoms with Gasteiger partial charge >= 0.3 is 0 Å². The third-order valence-electron chi connectivity index (χ3n) is 5.53. The van der Waals surface area contributed by atoms with E-state index >= 15 is 0 Å². The van der Waals surface area contributed by atoms with Gasteiger partial charge in [-0.1, -0.05) is 11.6 Å². The molecule has 0 unspecified atom stereocenters. The van der Waals surface area contributed by atoms with Crippen LogP contribution in [0.1, 0.15) is 68.9 Å². The highest BCUT2D eigenvalue weighted by atomic mass is 32.2. The number of hydrogen-bond acceptors (Lipinski definition) is 4. The number of benzene rings is 1. The van der Waals surface area contributed by atoms with Gasteiger partial charge in [-0.25, -0.2) is 8.42 Å². The van der Waals surface area contributed by atoms with Gasteiger partial charge in [-0.05, 0) is 78.0 Å². The number of likely N-dealkylation sites (tertiary alicyclic amines) is 1. The van der Waals surface area contributed by atoms with E-state index in [1.165, 1.54) is 0 Å². The summed E-state index contributed by atoms with van der Waals surface area (Å²) < 4.78 is 24.2. The topological polar surface area (TPSA) is 83.6 Å². The van der Waals surface area contributed by atoms with Gasteiger partial charge < -0.3 is 10.2 Å². The van der Waals surface area contributed by atoms with Crippen LogP contribution in [0.3, 0.4) is 0 Å². The fourth-order valence-electron chi connectivity index (χ4n) is 3.64. The molecule has 0 aliphatic carbocycles. The lowest BCUT2D eigenvalue weighted by molar-refractivity contribution is -0.131. The van der Waals surface area contributed by atoms with E-state index in [0.717, 1.165) is 11.1 Å². The molecule has 0 aromatic heterocycles. The molecule has 30 heavy (non-hydrogen) atoms. The second-order valence-corrected chi connectivity index (χ2v) is 12.5. The van der Waals surface area contributed by atoms with Gasteiger partial charge in [0.05, 0.1) is 16.9 Å². The van der Waals surface area contributed by atoms with Gasteiger partial charge in [0.2, 0.25) is 5.91 Å². The molecule has 2 amide bonds. The average Bonchev–Trinajstić information content (AvgIpc) is 2.60. The van der Waals surface area contributed by atoms with Crippen LogP contribution in [0.2, 0.25) is 0 Å². The predicted molar refractivity (Wildman–Crippen MR) is 120 cm³/mol. The summed E-state index contributed by atoms with van der Waals surface area (Å²) in [4.78, 5) is 26.9. The summed E-state index contributed by atoms with van der Waals surface area (Å²) in [6, 6.07) is 5.59. The first-order chi connectivity index (χ1) is 13.8. The molecule has 1 aromatic rings. The van der Waals surface area contributed by atoms with Gasteiger partial charge in [-0.15, -0.1) is 0 Å². The summed E-state index contributed by atoms with van der Waals surface area (Å²) in [6.45, 7) is 12.1. The Bertz CT molecular complexity index is 877. The molecular formula is C23H36N2O4S. The maximum absolute atomic E-state index is 12.8. The van der Waals surface area contributed by atoms with Crippen LogP contribution < -0.4 is 5.32 Å². The zero-order valence-corrected chi connectivity index (χ0v) is 19.9. The molecule has 0 saturated carbocycles. The van der Waals surface area contributed by atoms with E-state index in [1.807, 2.05) is 37.8 Å². The maximum Gasteiger partial charge on any atom is 0.251 e. The second kappa shape index (κ2) is 9.50. The van der Waals surface area contributed by atoms with Crippen LogP contribution >= 0.6 is 0 Å². The number of carbonyl (C=O) groups is 2. The molecule has 1 aliphatic rings. The first-order valence-electron chi connectivity index (χ1n) is 10.7. The Morgan fingerprint density at radius 3 is 2.27 bits per heavy atom. The lowest BCUT2D eigenvalue weighted by Gasteiger charge is -2.33. The molecule has 1 fully saturated rings. The highest BCUT2D eigenvalue weighted by Gasteiger charge is 2.33. The average molecular weight is 437 g/mol. The van der Waals surface area contributed by atoms with Crippen LogP contribution in [0.15, 0.2) is 18.2 Å². The largest absolute Gasteiger partial charge is 0.350 e. The van der Waals surface area contributed by atoms with E-state index in [1.54, 1.807) is 26.8 Å². The van der Waals surface area contributed by atoms with Crippen molar-refractivity contribution < 1.29 is 18.0 Å². The minimum atomic E-state index is -3.15. The number of sulfone groups is 1. The van der Waals surface area contributed by atoms with Crippen LogP contribution in [0.4, 0.5) is 0 Å². The van der Waals surface area contributed by atoms with Crippen LogP contribution in [0.5, 0.6) is 0 Å². The molecule has 7 heteroatoms. The van der Waals surface area contributed by atoms with E-state index < -0.39 is 14.6 Å². The van der Waals surface area contributed by atoms with Gasteiger partial charge in [0, 0.05) is 24.7 Å². The van der Waals surface area contributed by atoms with Crippen molar-refractivity contribution in [3.05, 3.63) is 34.9 Å². The number of rotatable bonds is 6. The number of carbonyl (C=O) groups excluding carboxylic acids is 2. The van der Waals surface area contributed by atoms with Gasteiger partial charge in [-0.2, -0.15) is 0 Å².